The summed E-state index contributed by atoms with van der Waals surface area (Å²) in [5, 5.41) is 15.3. The van der Waals surface area contributed by atoms with Gasteiger partial charge in [0.05, 0.1) is 18.4 Å². The summed E-state index contributed by atoms with van der Waals surface area (Å²) < 4.78 is 6.49. The number of nitrogens with zero attached hydrogens (tertiary/aromatic N) is 5. The number of tetrazole rings is 1. The molecular weight excluding hydrogens is 372 g/mol. The van der Waals surface area contributed by atoms with Crippen LogP contribution in [0.25, 0.3) is 5.69 Å². The highest BCUT2D eigenvalue weighted by Crippen LogP contribution is 2.43. The zero-order chi connectivity index (χ0) is 21.0. The van der Waals surface area contributed by atoms with E-state index in [9.17, 15) is 9.59 Å². The predicted octanol–water partition coefficient (Wildman–Crippen LogP) is 2.52. The highest BCUT2D eigenvalue weighted by atomic mass is 16.5. The van der Waals surface area contributed by atoms with Crippen molar-refractivity contribution in [3.05, 3.63) is 35.7 Å². The van der Waals surface area contributed by atoms with Crippen LogP contribution in [0.3, 0.4) is 0 Å². The highest BCUT2D eigenvalue weighted by Gasteiger charge is 2.46. The maximum Gasteiger partial charge on any atom is 0.340 e. The van der Waals surface area contributed by atoms with Gasteiger partial charge in [0.15, 0.2) is 5.82 Å². The average molecular weight is 400 g/mol. The van der Waals surface area contributed by atoms with Crippen molar-refractivity contribution in [2.45, 2.75) is 45.1 Å². The van der Waals surface area contributed by atoms with E-state index in [1.165, 1.54) is 7.11 Å². The number of urea groups is 1. The van der Waals surface area contributed by atoms with Crippen LogP contribution in [0.2, 0.25) is 0 Å². The van der Waals surface area contributed by atoms with Crippen LogP contribution in [0.4, 0.5) is 4.79 Å². The molecule has 0 saturated heterocycles. The normalized spacial score (nSPS) is 21.4. The second-order valence-corrected chi connectivity index (χ2v) is 7.53. The fourth-order valence-electron chi connectivity index (χ4n) is 3.99. The van der Waals surface area contributed by atoms with Gasteiger partial charge in [-0.2, -0.15) is 4.68 Å². The molecule has 1 aromatic heterocycles. The smallest absolute Gasteiger partial charge is 0.340 e. The van der Waals surface area contributed by atoms with E-state index in [2.05, 4.69) is 27.8 Å². The van der Waals surface area contributed by atoms with Gasteiger partial charge in [-0.15, -0.1) is 5.10 Å². The zero-order valence-corrected chi connectivity index (χ0v) is 17.4. The maximum atomic E-state index is 12.8. The van der Waals surface area contributed by atoms with Gasteiger partial charge < -0.3 is 15.0 Å². The lowest BCUT2D eigenvalue weighted by atomic mass is 9.75. The predicted molar refractivity (Wildman–Crippen MR) is 107 cm³/mol. The molecule has 2 aromatic rings. The Labute approximate surface area is 170 Å². The van der Waals surface area contributed by atoms with Gasteiger partial charge in [0, 0.05) is 13.6 Å². The van der Waals surface area contributed by atoms with Gasteiger partial charge in [0.1, 0.15) is 5.54 Å². The summed E-state index contributed by atoms with van der Waals surface area (Å²) >= 11 is 0. The van der Waals surface area contributed by atoms with E-state index in [0.29, 0.717) is 29.5 Å². The van der Waals surface area contributed by atoms with Crippen molar-refractivity contribution < 1.29 is 14.3 Å². The van der Waals surface area contributed by atoms with Crippen LogP contribution in [-0.4, -0.2) is 57.8 Å². The van der Waals surface area contributed by atoms with Gasteiger partial charge in [-0.3, -0.25) is 0 Å². The third kappa shape index (κ3) is 3.81. The van der Waals surface area contributed by atoms with Gasteiger partial charge in [-0.25, -0.2) is 9.59 Å². The first kappa shape index (κ1) is 20.8. The number of esters is 1. The summed E-state index contributed by atoms with van der Waals surface area (Å²) in [6, 6.07) is 6.86. The number of ether oxygens (including phenoxy) is 1. The van der Waals surface area contributed by atoms with Crippen molar-refractivity contribution in [1.29, 1.82) is 0 Å². The van der Waals surface area contributed by atoms with Gasteiger partial charge >= 0.3 is 12.0 Å². The molecule has 0 aliphatic heterocycles. The van der Waals surface area contributed by atoms with Gasteiger partial charge in [-0.1, -0.05) is 19.1 Å². The number of rotatable bonds is 5. The minimum absolute atomic E-state index is 0.169. The molecule has 29 heavy (non-hydrogen) atoms. The molecule has 1 saturated carbocycles. The fraction of sp³-hybridized carbons (Fsp3) is 0.550. The number of benzene rings is 1. The Kier molecular flexibility index (Phi) is 6.14. The highest BCUT2D eigenvalue weighted by molar-refractivity contribution is 5.93. The monoisotopic (exact) mass is 400 g/mol. The van der Waals surface area contributed by atoms with Crippen LogP contribution in [0.5, 0.6) is 0 Å². The molecule has 156 valence electrons. The summed E-state index contributed by atoms with van der Waals surface area (Å²) in [6.45, 7) is 4.63. The summed E-state index contributed by atoms with van der Waals surface area (Å²) in [7, 11) is 3.12. The minimum atomic E-state index is -0.668. The van der Waals surface area contributed by atoms with Crippen LogP contribution in [-0.2, 0) is 10.3 Å². The molecule has 1 heterocycles. The molecule has 9 nitrogen and oxygen atoms in total. The number of nitrogens with one attached hydrogen (secondary N) is 1. The number of aromatic nitrogens is 4. The molecular formula is C20H28N6O3. The number of carbonyl (C=O) groups is 2. The molecule has 1 aliphatic rings. The molecule has 1 aromatic carbocycles. The van der Waals surface area contributed by atoms with Crippen LogP contribution in [0.1, 0.15) is 55.7 Å². The first-order valence-corrected chi connectivity index (χ1v) is 9.92. The van der Waals surface area contributed by atoms with E-state index in [-0.39, 0.29) is 6.03 Å². The maximum absolute atomic E-state index is 12.8. The average Bonchev–Trinajstić information content (AvgIpc) is 3.24. The topological polar surface area (TPSA) is 102 Å². The molecule has 2 amide bonds. The van der Waals surface area contributed by atoms with Crippen molar-refractivity contribution in [3.8, 4) is 5.69 Å². The molecule has 0 atom stereocenters. The number of methoxy groups -OCH3 is 1. The Balaban J connectivity index is 2.13. The second kappa shape index (κ2) is 8.59. The molecule has 9 heteroatoms. The SMILES string of the molecule is CCNC(=O)N(C)C1(c2nnnn2-c2ccccc2C(=O)OC)CCC(C)CC1. The summed E-state index contributed by atoms with van der Waals surface area (Å²) in [5.74, 6) is 0.650. The van der Waals surface area contributed by atoms with Crippen molar-refractivity contribution in [3.63, 3.8) is 0 Å². The quantitative estimate of drug-likeness (QED) is 0.774. The van der Waals surface area contributed by atoms with Gasteiger partial charge in [0.2, 0.25) is 0 Å². The lowest BCUT2D eigenvalue weighted by Crippen LogP contribution is -2.53. The van der Waals surface area contributed by atoms with E-state index >= 15 is 0 Å². The standard InChI is InChI=1S/C20H28N6O3/c1-5-21-19(28)25(3)20(12-10-14(2)11-13-20)18-22-23-24-26(18)16-9-7-6-8-15(16)17(27)29-4/h6-9,14H,5,10-13H2,1-4H3,(H,21,28). The Morgan fingerprint density at radius 2 is 2.00 bits per heavy atom. The van der Waals surface area contributed by atoms with Crippen molar-refractivity contribution in [2.75, 3.05) is 20.7 Å². The molecule has 3 rings (SSSR count). The number of amides is 2. The van der Waals surface area contributed by atoms with E-state index in [1.807, 2.05) is 13.0 Å². The van der Waals surface area contributed by atoms with Crippen LogP contribution in [0.15, 0.2) is 24.3 Å². The largest absolute Gasteiger partial charge is 0.465 e. The van der Waals surface area contributed by atoms with E-state index in [0.717, 1.165) is 25.7 Å². The third-order valence-corrected chi connectivity index (χ3v) is 5.80. The number of para-hydroxylation sites is 1. The third-order valence-electron chi connectivity index (χ3n) is 5.80. The Morgan fingerprint density at radius 3 is 2.66 bits per heavy atom. The molecule has 1 fully saturated rings. The molecule has 0 spiro atoms. The fourth-order valence-corrected chi connectivity index (χ4v) is 3.99. The van der Waals surface area contributed by atoms with E-state index < -0.39 is 11.5 Å². The van der Waals surface area contributed by atoms with Crippen molar-refractivity contribution >= 4 is 12.0 Å². The Morgan fingerprint density at radius 1 is 1.31 bits per heavy atom. The first-order chi connectivity index (χ1) is 13.9. The van der Waals surface area contributed by atoms with Gasteiger partial charge in [-0.05, 0) is 61.1 Å². The van der Waals surface area contributed by atoms with E-state index in [1.54, 1.807) is 34.8 Å². The van der Waals surface area contributed by atoms with Crippen LogP contribution < -0.4 is 5.32 Å². The number of hydrogen-bond donors (Lipinski definition) is 1. The lowest BCUT2D eigenvalue weighted by molar-refractivity contribution is 0.0598. The summed E-state index contributed by atoms with van der Waals surface area (Å²) in [6.07, 6.45) is 3.38. The van der Waals surface area contributed by atoms with Crippen LogP contribution in [0, 0.1) is 5.92 Å². The zero-order valence-electron chi connectivity index (χ0n) is 17.4. The molecule has 0 unspecified atom stereocenters. The van der Waals surface area contributed by atoms with Crippen LogP contribution >= 0.6 is 0 Å². The molecule has 1 aliphatic carbocycles. The number of hydrogen-bond acceptors (Lipinski definition) is 6. The Hall–Kier alpha value is -2.97. The summed E-state index contributed by atoms with van der Waals surface area (Å²) in [5.41, 5.74) is 0.226. The molecule has 0 bridgehead atoms. The van der Waals surface area contributed by atoms with Crippen molar-refractivity contribution in [1.82, 2.24) is 30.4 Å². The molecule has 1 N–H and O–H groups in total. The van der Waals surface area contributed by atoms with E-state index in [4.69, 9.17) is 4.74 Å². The van der Waals surface area contributed by atoms with Gasteiger partial charge in [0.25, 0.3) is 0 Å². The second-order valence-electron chi connectivity index (χ2n) is 7.53. The summed E-state index contributed by atoms with van der Waals surface area (Å²) in [4.78, 5) is 26.8. The van der Waals surface area contributed by atoms with Crippen molar-refractivity contribution in [2.24, 2.45) is 5.92 Å². The Bertz CT molecular complexity index is 873. The molecule has 0 radical (unpaired) electrons. The lowest BCUT2D eigenvalue weighted by Gasteiger charge is -2.44. The minimum Gasteiger partial charge on any atom is -0.465 e. The first-order valence-electron chi connectivity index (χ1n) is 9.92. The number of carbonyl (C=O) groups excluding carboxylic acids is 2.